The van der Waals surface area contributed by atoms with E-state index in [1.807, 2.05) is 30.5 Å². The van der Waals surface area contributed by atoms with Gasteiger partial charge >= 0.3 is 0 Å². The second-order valence-corrected chi connectivity index (χ2v) is 18.4. The number of phenolic OH excluding ortho intramolecular Hbond substituents is 1. The van der Waals surface area contributed by atoms with Crippen LogP contribution in [0.15, 0.2) is 193 Å². The third-order valence-electron chi connectivity index (χ3n) is 13.0. The van der Waals surface area contributed by atoms with Gasteiger partial charge in [0.05, 0.1) is 33.4 Å². The normalized spacial score (nSPS) is 12.2. The molecule has 310 valence electrons. The molecule has 0 saturated heterocycles. The Morgan fingerprint density at radius 1 is 0.531 bits per heavy atom. The highest BCUT2D eigenvalue weighted by atomic mass is 16.3. The molecule has 0 spiro atoms. The molecule has 8 aromatic carbocycles. The summed E-state index contributed by atoms with van der Waals surface area (Å²) in [5, 5.41) is 15.7. The van der Waals surface area contributed by atoms with Gasteiger partial charge in [-0.05, 0) is 93.2 Å². The van der Waals surface area contributed by atoms with E-state index in [-0.39, 0.29) is 16.6 Å². The highest BCUT2D eigenvalue weighted by Crippen LogP contribution is 2.45. The smallest absolute Gasteiger partial charge is 0.149 e. The van der Waals surface area contributed by atoms with E-state index in [1.54, 1.807) is 6.07 Å². The molecule has 0 radical (unpaired) electrons. The summed E-state index contributed by atoms with van der Waals surface area (Å²) in [5.41, 5.74) is 14.2. The number of hydrogen-bond acceptors (Lipinski definition) is 4. The Labute approximate surface area is 373 Å². The number of fused-ring (bicyclic) bond motifs is 6. The number of aromatic hydroxyl groups is 1. The molecule has 0 saturated carbocycles. The van der Waals surface area contributed by atoms with E-state index in [2.05, 4.69) is 191 Å². The minimum absolute atomic E-state index is 0.0707. The molecular formula is C59H47N3O2. The number of nitrogens with zero attached hydrogens (tertiary/aromatic N) is 3. The number of phenols is 1. The fraction of sp³-hybridized carbons (Fsp3) is 0.119. The van der Waals surface area contributed by atoms with Crippen molar-refractivity contribution in [1.29, 1.82) is 0 Å². The van der Waals surface area contributed by atoms with Crippen molar-refractivity contribution in [2.24, 2.45) is 0 Å². The minimum atomic E-state index is -0.373. The Hall–Kier alpha value is -7.76. The average molecular weight is 830 g/mol. The summed E-state index contributed by atoms with van der Waals surface area (Å²) in [4.78, 5) is 10.7. The van der Waals surface area contributed by atoms with Crippen LogP contribution >= 0.6 is 0 Å². The number of benzene rings is 8. The SMILES string of the molecule is CC(C)(C)c1ccc(-n2c(-c3ccccc3O)nc3c(-c4cc(-c5nccc6oc7c8ccccc8ccc7c56)cc(C(C)(C)c5ccccc5)c4)cccc32)c(-c2ccccc2)c1. The van der Waals surface area contributed by atoms with E-state index < -0.39 is 0 Å². The number of imidazole rings is 1. The average Bonchev–Trinajstić information content (AvgIpc) is 3.91. The van der Waals surface area contributed by atoms with Crippen LogP contribution in [0.25, 0.3) is 94.3 Å². The van der Waals surface area contributed by atoms with Crippen LogP contribution in [0.5, 0.6) is 5.75 Å². The highest BCUT2D eigenvalue weighted by molar-refractivity contribution is 6.18. The Balaban J connectivity index is 1.20. The van der Waals surface area contributed by atoms with Crippen molar-refractivity contribution in [2.45, 2.75) is 45.4 Å². The summed E-state index contributed by atoms with van der Waals surface area (Å²) in [5.74, 6) is 0.826. The molecule has 0 amide bonds. The van der Waals surface area contributed by atoms with E-state index in [4.69, 9.17) is 14.4 Å². The molecule has 0 atom stereocenters. The molecule has 0 aliphatic heterocycles. The molecule has 0 aliphatic carbocycles. The second kappa shape index (κ2) is 15.0. The third-order valence-corrected chi connectivity index (χ3v) is 13.0. The predicted molar refractivity (Wildman–Crippen MR) is 264 cm³/mol. The van der Waals surface area contributed by atoms with Crippen molar-refractivity contribution >= 4 is 43.7 Å². The maximum absolute atomic E-state index is 11.5. The van der Waals surface area contributed by atoms with Gasteiger partial charge in [0.25, 0.3) is 0 Å². The van der Waals surface area contributed by atoms with Crippen LogP contribution < -0.4 is 0 Å². The first kappa shape index (κ1) is 39.1. The van der Waals surface area contributed by atoms with Gasteiger partial charge in [-0.3, -0.25) is 9.55 Å². The first-order valence-electron chi connectivity index (χ1n) is 22.0. The van der Waals surface area contributed by atoms with Crippen molar-refractivity contribution in [2.75, 3.05) is 0 Å². The summed E-state index contributed by atoms with van der Waals surface area (Å²) in [6.45, 7) is 11.3. The number of hydrogen-bond donors (Lipinski definition) is 1. The summed E-state index contributed by atoms with van der Waals surface area (Å²) in [6, 6.07) is 63.5. The van der Waals surface area contributed by atoms with Crippen molar-refractivity contribution in [3.8, 4) is 56.3 Å². The highest BCUT2D eigenvalue weighted by Gasteiger charge is 2.28. The van der Waals surface area contributed by atoms with E-state index in [1.165, 1.54) is 11.1 Å². The monoisotopic (exact) mass is 829 g/mol. The van der Waals surface area contributed by atoms with Crippen LogP contribution in [0.4, 0.5) is 0 Å². The predicted octanol–water partition coefficient (Wildman–Crippen LogP) is 15.5. The van der Waals surface area contributed by atoms with Crippen molar-refractivity contribution < 1.29 is 9.52 Å². The first-order valence-corrected chi connectivity index (χ1v) is 22.0. The molecule has 3 heterocycles. The van der Waals surface area contributed by atoms with Gasteiger partial charge in [-0.1, -0.05) is 162 Å². The first-order chi connectivity index (χ1) is 31.0. The van der Waals surface area contributed by atoms with Crippen LogP contribution in [0, 0.1) is 0 Å². The Morgan fingerprint density at radius 2 is 1.25 bits per heavy atom. The molecule has 1 N–H and O–H groups in total. The summed E-state index contributed by atoms with van der Waals surface area (Å²) in [6.07, 6.45) is 1.85. The van der Waals surface area contributed by atoms with Gasteiger partial charge in [0.1, 0.15) is 22.7 Å². The van der Waals surface area contributed by atoms with Gasteiger partial charge in [0.15, 0.2) is 0 Å². The zero-order valence-corrected chi connectivity index (χ0v) is 36.6. The Bertz CT molecular complexity index is 3570. The van der Waals surface area contributed by atoms with Crippen LogP contribution in [0.2, 0.25) is 0 Å². The van der Waals surface area contributed by atoms with Crippen LogP contribution in [0.3, 0.4) is 0 Å². The standard InChI is InChI=1S/C59H47N3O2/c1-58(2,3)42-28-30-49(48(36-42)37-17-8-6-9-18-37)62-50-25-16-24-44(55(50)61-57(62)46-23-14-15-26-51(46)63)39-33-40(35-43(34-39)59(4,5)41-20-10-7-11-21-41)54-53-47-29-27-38-19-12-13-22-45(38)56(47)64-52(53)31-32-60-54/h6-36,63H,1-5H3. The lowest BCUT2D eigenvalue weighted by molar-refractivity contribution is 0.477. The van der Waals surface area contributed by atoms with Gasteiger partial charge in [-0.2, -0.15) is 0 Å². The second-order valence-electron chi connectivity index (χ2n) is 18.4. The topological polar surface area (TPSA) is 64.1 Å². The van der Waals surface area contributed by atoms with Gasteiger partial charge in [-0.15, -0.1) is 0 Å². The van der Waals surface area contributed by atoms with Crippen molar-refractivity contribution in [1.82, 2.24) is 14.5 Å². The van der Waals surface area contributed by atoms with E-state index in [0.29, 0.717) is 11.4 Å². The zero-order chi connectivity index (χ0) is 43.7. The van der Waals surface area contributed by atoms with Gasteiger partial charge in [0.2, 0.25) is 0 Å². The largest absolute Gasteiger partial charge is 0.507 e. The number of furan rings is 1. The van der Waals surface area contributed by atoms with E-state index >= 15 is 0 Å². The molecule has 11 rings (SSSR count). The molecular weight excluding hydrogens is 783 g/mol. The number of pyridine rings is 1. The molecule has 0 fully saturated rings. The summed E-state index contributed by atoms with van der Waals surface area (Å²) < 4.78 is 8.90. The third kappa shape index (κ3) is 6.46. The molecule has 11 aromatic rings. The maximum atomic E-state index is 11.5. The molecule has 5 nitrogen and oxygen atoms in total. The van der Waals surface area contributed by atoms with E-state index in [0.717, 1.165) is 88.5 Å². The fourth-order valence-corrected chi connectivity index (χ4v) is 9.44. The molecule has 0 bridgehead atoms. The summed E-state index contributed by atoms with van der Waals surface area (Å²) in [7, 11) is 0. The van der Waals surface area contributed by atoms with Gasteiger partial charge < -0.3 is 9.52 Å². The number of para-hydroxylation sites is 2. The Morgan fingerprint density at radius 3 is 2.05 bits per heavy atom. The Kier molecular flexibility index (Phi) is 9.14. The molecule has 64 heavy (non-hydrogen) atoms. The molecule has 0 unspecified atom stereocenters. The zero-order valence-electron chi connectivity index (χ0n) is 36.6. The molecule has 0 aliphatic rings. The lowest BCUT2D eigenvalue weighted by Crippen LogP contribution is -2.19. The van der Waals surface area contributed by atoms with Gasteiger partial charge in [0, 0.05) is 39.1 Å². The van der Waals surface area contributed by atoms with Crippen molar-refractivity contribution in [3.05, 3.63) is 205 Å². The van der Waals surface area contributed by atoms with Crippen LogP contribution in [-0.2, 0) is 10.8 Å². The van der Waals surface area contributed by atoms with Gasteiger partial charge in [-0.25, -0.2) is 4.98 Å². The van der Waals surface area contributed by atoms with Crippen molar-refractivity contribution in [3.63, 3.8) is 0 Å². The molecule has 3 aromatic heterocycles. The lowest BCUT2D eigenvalue weighted by atomic mass is 9.76. The molecule has 5 heteroatoms. The summed E-state index contributed by atoms with van der Waals surface area (Å²) >= 11 is 0. The maximum Gasteiger partial charge on any atom is 0.149 e. The fourth-order valence-electron chi connectivity index (χ4n) is 9.44. The minimum Gasteiger partial charge on any atom is -0.507 e. The van der Waals surface area contributed by atoms with E-state index in [9.17, 15) is 5.11 Å². The lowest BCUT2D eigenvalue weighted by Gasteiger charge is -2.27. The quantitative estimate of drug-likeness (QED) is 0.174. The number of aromatic nitrogens is 3. The van der Waals surface area contributed by atoms with Crippen LogP contribution in [-0.4, -0.2) is 19.6 Å². The van der Waals surface area contributed by atoms with Crippen LogP contribution in [0.1, 0.15) is 51.3 Å². The number of rotatable bonds is 7.